The highest BCUT2D eigenvalue weighted by Crippen LogP contribution is 2.50. The van der Waals surface area contributed by atoms with Gasteiger partial charge in [0.15, 0.2) is 5.78 Å². The quantitative estimate of drug-likeness (QED) is 0.552. The fraction of sp³-hybridized carbons (Fsp3) is 0.360. The number of carbonyl (C=O) groups excluding carboxylic acids is 2. The van der Waals surface area contributed by atoms with Crippen LogP contribution in [0.15, 0.2) is 64.3 Å². The van der Waals surface area contributed by atoms with E-state index in [1.54, 1.807) is 4.90 Å². The zero-order valence-electron chi connectivity index (χ0n) is 17.6. The number of anilines is 1. The number of hydrogen-bond donors (Lipinski definition) is 0. The minimum absolute atomic E-state index is 0.00227. The molecule has 2 aromatic carbocycles. The molecular weight excluding hydrogens is 442 g/mol. The van der Waals surface area contributed by atoms with Crippen LogP contribution in [0, 0.1) is 5.41 Å². The number of benzene rings is 2. The molecular formula is C25H26BrNO3. The van der Waals surface area contributed by atoms with E-state index >= 15 is 0 Å². The molecule has 1 aliphatic heterocycles. The molecule has 1 amide bonds. The molecule has 1 heterocycles. The molecule has 0 N–H and O–H groups in total. The molecule has 0 aromatic heterocycles. The van der Waals surface area contributed by atoms with Crippen molar-refractivity contribution in [2.45, 2.75) is 46.0 Å². The van der Waals surface area contributed by atoms with Crippen LogP contribution < -0.4 is 9.64 Å². The second-order valence-electron chi connectivity index (χ2n) is 8.71. The van der Waals surface area contributed by atoms with Crippen molar-refractivity contribution in [3.8, 4) is 5.75 Å². The average molecular weight is 468 g/mol. The third-order valence-electron chi connectivity index (χ3n) is 5.83. The van der Waals surface area contributed by atoms with E-state index in [0.717, 1.165) is 32.7 Å². The molecule has 1 unspecified atom stereocenters. The van der Waals surface area contributed by atoms with Crippen LogP contribution in [0.3, 0.4) is 0 Å². The van der Waals surface area contributed by atoms with Crippen molar-refractivity contribution in [2.75, 3.05) is 11.5 Å². The van der Waals surface area contributed by atoms with E-state index in [-0.39, 0.29) is 29.4 Å². The van der Waals surface area contributed by atoms with Crippen LogP contribution in [0.1, 0.15) is 51.5 Å². The van der Waals surface area contributed by atoms with Gasteiger partial charge in [-0.25, -0.2) is 0 Å². The lowest BCUT2D eigenvalue weighted by Gasteiger charge is -2.43. The Bertz CT molecular complexity index is 1040. The maximum atomic E-state index is 13.5. The van der Waals surface area contributed by atoms with Gasteiger partial charge in [-0.3, -0.25) is 14.5 Å². The second kappa shape index (κ2) is 8.03. The Labute approximate surface area is 186 Å². The summed E-state index contributed by atoms with van der Waals surface area (Å²) < 4.78 is 6.69. The van der Waals surface area contributed by atoms with Crippen LogP contribution in [0.25, 0.3) is 0 Å². The standard InChI is InChI=1S/C25H26BrNO3/c1-4-30-22-12-8-5-9-16(22)17-13-23(29)27(19-11-7-6-10-18(19)26)20-14-25(2,3)15-21(28)24(17)20/h5-12,17H,4,13-15H2,1-3H3. The Balaban J connectivity index is 1.92. The van der Waals surface area contributed by atoms with Gasteiger partial charge in [-0.2, -0.15) is 0 Å². The number of para-hydroxylation sites is 2. The van der Waals surface area contributed by atoms with Gasteiger partial charge < -0.3 is 4.74 Å². The summed E-state index contributed by atoms with van der Waals surface area (Å²) in [5.74, 6) is 0.596. The predicted molar refractivity (Wildman–Crippen MR) is 122 cm³/mol. The highest BCUT2D eigenvalue weighted by Gasteiger charge is 2.45. The van der Waals surface area contributed by atoms with E-state index in [1.807, 2.05) is 55.5 Å². The lowest BCUT2D eigenvalue weighted by Crippen LogP contribution is -2.44. The van der Waals surface area contributed by atoms with Gasteiger partial charge in [0.2, 0.25) is 5.91 Å². The third kappa shape index (κ3) is 3.71. The van der Waals surface area contributed by atoms with Gasteiger partial charge in [0.1, 0.15) is 5.75 Å². The van der Waals surface area contributed by atoms with Crippen molar-refractivity contribution in [3.63, 3.8) is 0 Å². The molecule has 4 rings (SSSR count). The van der Waals surface area contributed by atoms with Crippen LogP contribution in [0.2, 0.25) is 0 Å². The number of allylic oxidation sites excluding steroid dienone is 2. The van der Waals surface area contributed by atoms with Crippen LogP contribution in [-0.4, -0.2) is 18.3 Å². The summed E-state index contributed by atoms with van der Waals surface area (Å²) in [6.45, 7) is 6.66. The number of halogens is 1. The number of ether oxygens (including phenoxy) is 1. The average Bonchev–Trinajstić information content (AvgIpc) is 2.68. The summed E-state index contributed by atoms with van der Waals surface area (Å²) in [6, 6.07) is 15.5. The lowest BCUT2D eigenvalue weighted by molar-refractivity contribution is -0.121. The Morgan fingerprint density at radius 3 is 2.50 bits per heavy atom. The molecule has 1 aliphatic carbocycles. The van der Waals surface area contributed by atoms with Crippen molar-refractivity contribution >= 4 is 33.3 Å². The molecule has 30 heavy (non-hydrogen) atoms. The molecule has 0 fully saturated rings. The van der Waals surface area contributed by atoms with E-state index in [1.165, 1.54) is 0 Å². The first-order valence-corrected chi connectivity index (χ1v) is 11.2. The molecule has 0 saturated carbocycles. The molecule has 0 saturated heterocycles. The summed E-state index contributed by atoms with van der Waals surface area (Å²) in [6.07, 6.45) is 1.40. The third-order valence-corrected chi connectivity index (χ3v) is 6.50. The maximum Gasteiger partial charge on any atom is 0.232 e. The van der Waals surface area contributed by atoms with Gasteiger partial charge >= 0.3 is 0 Å². The number of Topliss-reactive ketones (excluding diaryl/α,β-unsaturated/α-hetero) is 1. The minimum atomic E-state index is -0.280. The number of nitrogens with zero attached hydrogens (tertiary/aromatic N) is 1. The molecule has 2 aromatic rings. The number of hydrogen-bond acceptors (Lipinski definition) is 3. The highest BCUT2D eigenvalue weighted by atomic mass is 79.9. The molecule has 0 radical (unpaired) electrons. The first-order valence-electron chi connectivity index (χ1n) is 10.4. The molecule has 5 heteroatoms. The van der Waals surface area contributed by atoms with E-state index in [2.05, 4.69) is 29.8 Å². The smallest absolute Gasteiger partial charge is 0.232 e. The number of rotatable bonds is 4. The lowest BCUT2D eigenvalue weighted by atomic mass is 9.69. The molecule has 156 valence electrons. The largest absolute Gasteiger partial charge is 0.494 e. The van der Waals surface area contributed by atoms with Crippen LogP contribution in [-0.2, 0) is 9.59 Å². The Hall–Kier alpha value is -2.40. The fourth-order valence-electron chi connectivity index (χ4n) is 4.65. The summed E-state index contributed by atoms with van der Waals surface area (Å²) in [5.41, 5.74) is 3.10. The number of ketones is 1. The summed E-state index contributed by atoms with van der Waals surface area (Å²) in [5, 5.41) is 0. The van der Waals surface area contributed by atoms with E-state index in [4.69, 9.17) is 4.74 Å². The topological polar surface area (TPSA) is 46.6 Å². The van der Waals surface area contributed by atoms with Crippen LogP contribution in [0.5, 0.6) is 5.75 Å². The van der Waals surface area contributed by atoms with Gasteiger partial charge in [0.25, 0.3) is 0 Å². The van der Waals surface area contributed by atoms with Crippen molar-refractivity contribution < 1.29 is 14.3 Å². The van der Waals surface area contributed by atoms with Gasteiger partial charge in [0, 0.05) is 40.1 Å². The molecule has 1 atom stereocenters. The van der Waals surface area contributed by atoms with E-state index < -0.39 is 0 Å². The highest BCUT2D eigenvalue weighted by molar-refractivity contribution is 9.10. The van der Waals surface area contributed by atoms with Gasteiger partial charge in [-0.05, 0) is 52.9 Å². The Morgan fingerprint density at radius 1 is 1.07 bits per heavy atom. The molecule has 4 nitrogen and oxygen atoms in total. The first kappa shape index (κ1) is 20.9. The second-order valence-corrected chi connectivity index (χ2v) is 9.56. The molecule has 0 bridgehead atoms. The summed E-state index contributed by atoms with van der Waals surface area (Å²) in [4.78, 5) is 28.7. The SMILES string of the molecule is CCOc1ccccc1C1CC(=O)N(c2ccccc2Br)C2=C1C(=O)CC(C)(C)C2. The Morgan fingerprint density at radius 2 is 1.77 bits per heavy atom. The fourth-order valence-corrected chi connectivity index (χ4v) is 5.11. The van der Waals surface area contributed by atoms with Gasteiger partial charge in [-0.15, -0.1) is 0 Å². The van der Waals surface area contributed by atoms with Crippen LogP contribution in [0.4, 0.5) is 5.69 Å². The Kier molecular flexibility index (Phi) is 5.58. The van der Waals surface area contributed by atoms with Gasteiger partial charge in [0.05, 0.1) is 12.3 Å². The van der Waals surface area contributed by atoms with E-state index in [9.17, 15) is 9.59 Å². The summed E-state index contributed by atoms with van der Waals surface area (Å²) in [7, 11) is 0. The molecule has 2 aliphatic rings. The summed E-state index contributed by atoms with van der Waals surface area (Å²) >= 11 is 3.59. The zero-order valence-corrected chi connectivity index (χ0v) is 19.2. The van der Waals surface area contributed by atoms with Gasteiger partial charge in [-0.1, -0.05) is 44.2 Å². The normalized spacial score (nSPS) is 20.9. The number of amides is 1. The van der Waals surface area contributed by atoms with Crippen molar-refractivity contribution in [2.24, 2.45) is 5.41 Å². The monoisotopic (exact) mass is 467 g/mol. The van der Waals surface area contributed by atoms with Crippen molar-refractivity contribution in [1.82, 2.24) is 0 Å². The van der Waals surface area contributed by atoms with E-state index in [0.29, 0.717) is 19.4 Å². The number of carbonyl (C=O) groups is 2. The minimum Gasteiger partial charge on any atom is -0.494 e. The zero-order chi connectivity index (χ0) is 21.5. The first-order chi connectivity index (χ1) is 14.3. The van der Waals surface area contributed by atoms with Crippen molar-refractivity contribution in [3.05, 3.63) is 69.8 Å². The van der Waals surface area contributed by atoms with Crippen LogP contribution >= 0.6 is 15.9 Å². The predicted octanol–water partition coefficient (Wildman–Crippen LogP) is 6.01. The molecule has 0 spiro atoms. The van der Waals surface area contributed by atoms with Crippen molar-refractivity contribution in [1.29, 1.82) is 0 Å². The maximum absolute atomic E-state index is 13.5.